The largest absolute Gasteiger partial charge is 0.375 e. The molecule has 102 valence electrons. The maximum Gasteiger partial charge on any atom is 0.275 e. The van der Waals surface area contributed by atoms with E-state index in [1.807, 2.05) is 0 Å². The molecule has 8 heteroatoms. The number of hydrogen-bond acceptors (Lipinski definition) is 5. The number of nitrogens with one attached hydrogen (secondary N) is 2. The van der Waals surface area contributed by atoms with Crippen molar-refractivity contribution in [3.8, 4) is 0 Å². The molecule has 0 bridgehead atoms. The van der Waals surface area contributed by atoms with Gasteiger partial charge in [-0.15, -0.1) is 11.3 Å². The topological polar surface area (TPSA) is 97.1 Å². The summed E-state index contributed by atoms with van der Waals surface area (Å²) in [6, 6.07) is 3.30. The summed E-state index contributed by atoms with van der Waals surface area (Å²) in [4.78, 5) is 27.2. The summed E-state index contributed by atoms with van der Waals surface area (Å²) in [5, 5.41) is 7.59. The number of anilines is 3. The smallest absolute Gasteiger partial charge is 0.275 e. The van der Waals surface area contributed by atoms with Crippen molar-refractivity contribution in [2.24, 2.45) is 0 Å². The normalized spacial score (nSPS) is 12.9. The first-order valence-electron chi connectivity index (χ1n) is 5.67. The van der Waals surface area contributed by atoms with Crippen molar-refractivity contribution in [1.29, 1.82) is 0 Å². The van der Waals surface area contributed by atoms with E-state index in [1.54, 1.807) is 17.5 Å². The lowest BCUT2D eigenvalue weighted by Gasteiger charge is -2.08. The van der Waals surface area contributed by atoms with Crippen LogP contribution in [0, 0.1) is 0 Å². The van der Waals surface area contributed by atoms with Gasteiger partial charge in [-0.25, -0.2) is 4.98 Å². The van der Waals surface area contributed by atoms with E-state index in [4.69, 9.17) is 17.3 Å². The van der Waals surface area contributed by atoms with Crippen LogP contribution < -0.4 is 16.4 Å². The van der Waals surface area contributed by atoms with Crippen LogP contribution in [0.4, 0.5) is 16.5 Å². The van der Waals surface area contributed by atoms with Gasteiger partial charge in [0.05, 0.1) is 17.1 Å². The fraction of sp³-hybridized carbons (Fsp3) is 0.0833. The Labute approximate surface area is 123 Å². The molecule has 3 rings (SSSR count). The van der Waals surface area contributed by atoms with Crippen LogP contribution in [0.25, 0.3) is 0 Å². The van der Waals surface area contributed by atoms with Crippen LogP contribution in [-0.4, -0.2) is 16.8 Å². The second-order valence-electron chi connectivity index (χ2n) is 4.24. The van der Waals surface area contributed by atoms with Gasteiger partial charge in [0.1, 0.15) is 5.69 Å². The summed E-state index contributed by atoms with van der Waals surface area (Å²) in [6.45, 7) is 0. The van der Waals surface area contributed by atoms with Crippen molar-refractivity contribution in [3.05, 3.63) is 33.8 Å². The predicted molar refractivity (Wildman–Crippen MR) is 78.3 cm³/mol. The Morgan fingerprint density at radius 3 is 3.00 bits per heavy atom. The number of rotatable bonds is 2. The third kappa shape index (κ3) is 2.33. The summed E-state index contributed by atoms with van der Waals surface area (Å²) >= 11 is 7.27. The van der Waals surface area contributed by atoms with Crippen LogP contribution in [0.3, 0.4) is 0 Å². The minimum Gasteiger partial charge on any atom is -0.375 e. The second-order valence-corrected chi connectivity index (χ2v) is 5.54. The first-order chi connectivity index (χ1) is 9.52. The maximum atomic E-state index is 12.0. The van der Waals surface area contributed by atoms with Gasteiger partial charge in [0.25, 0.3) is 5.91 Å². The van der Waals surface area contributed by atoms with Crippen molar-refractivity contribution in [2.75, 3.05) is 16.4 Å². The molecule has 0 atom stereocenters. The third-order valence-electron chi connectivity index (χ3n) is 2.82. The van der Waals surface area contributed by atoms with E-state index >= 15 is 0 Å². The van der Waals surface area contributed by atoms with Crippen LogP contribution in [0.1, 0.15) is 16.1 Å². The molecule has 0 fully saturated rings. The summed E-state index contributed by atoms with van der Waals surface area (Å²) in [6.07, 6.45) is 0.277. The summed E-state index contributed by atoms with van der Waals surface area (Å²) < 4.78 is 0. The number of carbonyl (C=O) groups is 2. The van der Waals surface area contributed by atoms with Gasteiger partial charge in [-0.05, 0) is 17.7 Å². The highest BCUT2D eigenvalue weighted by molar-refractivity contribution is 7.13. The molecule has 0 aliphatic carbocycles. The molecule has 1 aromatic carbocycles. The SMILES string of the molecule is Nc1nc(C(=O)Nc2cc3c(cc2Cl)NC(=O)C3)cs1. The van der Waals surface area contributed by atoms with Gasteiger partial charge in [-0.2, -0.15) is 0 Å². The van der Waals surface area contributed by atoms with Gasteiger partial charge >= 0.3 is 0 Å². The molecular formula is C12H9ClN4O2S. The maximum absolute atomic E-state index is 12.0. The number of nitrogens with two attached hydrogens (primary N) is 1. The van der Waals surface area contributed by atoms with Crippen LogP contribution in [0.15, 0.2) is 17.5 Å². The van der Waals surface area contributed by atoms with Crippen molar-refractivity contribution in [3.63, 3.8) is 0 Å². The molecule has 2 heterocycles. The molecule has 1 aromatic heterocycles. The number of hydrogen-bond donors (Lipinski definition) is 3. The highest BCUT2D eigenvalue weighted by atomic mass is 35.5. The number of fused-ring (bicyclic) bond motifs is 1. The minimum atomic E-state index is -0.392. The van der Waals surface area contributed by atoms with Crippen LogP contribution >= 0.6 is 22.9 Å². The first-order valence-corrected chi connectivity index (χ1v) is 6.93. The zero-order valence-electron chi connectivity index (χ0n) is 10.1. The van der Waals surface area contributed by atoms with Crippen LogP contribution in [0.5, 0.6) is 0 Å². The molecule has 1 aliphatic rings. The monoisotopic (exact) mass is 308 g/mol. The van der Waals surface area contributed by atoms with Crippen LogP contribution in [0.2, 0.25) is 5.02 Å². The molecule has 0 spiro atoms. The fourth-order valence-corrected chi connectivity index (χ4v) is 2.68. The lowest BCUT2D eigenvalue weighted by molar-refractivity contribution is -0.115. The quantitative estimate of drug-likeness (QED) is 0.791. The summed E-state index contributed by atoms with van der Waals surface area (Å²) in [5.74, 6) is -0.482. The Kier molecular flexibility index (Phi) is 3.07. The van der Waals surface area contributed by atoms with E-state index in [9.17, 15) is 9.59 Å². The molecule has 0 radical (unpaired) electrons. The molecule has 2 aromatic rings. The zero-order valence-corrected chi connectivity index (χ0v) is 11.6. The Hall–Kier alpha value is -2.12. The average Bonchev–Trinajstić information content (AvgIpc) is 2.95. The second kappa shape index (κ2) is 4.77. The van der Waals surface area contributed by atoms with Gasteiger partial charge in [0.2, 0.25) is 5.91 Å². The first kappa shape index (κ1) is 12.9. The number of nitrogens with zero attached hydrogens (tertiary/aromatic N) is 1. The van der Waals surface area contributed by atoms with E-state index in [1.165, 1.54) is 11.3 Å². The zero-order chi connectivity index (χ0) is 14.3. The molecule has 20 heavy (non-hydrogen) atoms. The van der Waals surface area contributed by atoms with Crippen molar-refractivity contribution >= 4 is 51.3 Å². The van der Waals surface area contributed by atoms with Gasteiger partial charge in [0, 0.05) is 11.1 Å². The lowest BCUT2D eigenvalue weighted by Crippen LogP contribution is -2.13. The predicted octanol–water partition coefficient (Wildman–Crippen LogP) is 2.13. The minimum absolute atomic E-state index is 0.0909. The van der Waals surface area contributed by atoms with E-state index in [2.05, 4.69) is 15.6 Å². The molecule has 2 amide bonds. The molecular weight excluding hydrogens is 300 g/mol. The lowest BCUT2D eigenvalue weighted by atomic mass is 10.1. The highest BCUT2D eigenvalue weighted by Crippen LogP contribution is 2.33. The highest BCUT2D eigenvalue weighted by Gasteiger charge is 2.20. The summed E-state index contributed by atoms with van der Waals surface area (Å²) in [5.41, 5.74) is 7.64. The number of aromatic nitrogens is 1. The van der Waals surface area contributed by atoms with Gasteiger partial charge in [-0.3, -0.25) is 9.59 Å². The molecule has 6 nitrogen and oxygen atoms in total. The van der Waals surface area contributed by atoms with E-state index in [0.29, 0.717) is 21.5 Å². The Morgan fingerprint density at radius 2 is 2.30 bits per heavy atom. The van der Waals surface area contributed by atoms with E-state index in [-0.39, 0.29) is 18.0 Å². The Bertz CT molecular complexity index is 728. The van der Waals surface area contributed by atoms with Gasteiger partial charge in [-0.1, -0.05) is 11.6 Å². The third-order valence-corrected chi connectivity index (χ3v) is 3.81. The number of nitrogen functional groups attached to an aromatic ring is 1. The molecule has 0 saturated heterocycles. The standard InChI is InChI=1S/C12H9ClN4O2S/c13-6-3-7-5(2-10(18)15-7)1-8(6)16-11(19)9-4-20-12(14)17-9/h1,3-4H,2H2,(H2,14,17)(H,15,18)(H,16,19). The van der Waals surface area contributed by atoms with E-state index in [0.717, 1.165) is 5.56 Å². The number of halogens is 1. The van der Waals surface area contributed by atoms with Crippen LogP contribution in [-0.2, 0) is 11.2 Å². The van der Waals surface area contributed by atoms with Crippen molar-refractivity contribution in [1.82, 2.24) is 4.98 Å². The van der Waals surface area contributed by atoms with E-state index < -0.39 is 5.91 Å². The van der Waals surface area contributed by atoms with Crippen molar-refractivity contribution in [2.45, 2.75) is 6.42 Å². The number of benzene rings is 1. The van der Waals surface area contributed by atoms with Crippen molar-refractivity contribution < 1.29 is 9.59 Å². The molecule has 1 aliphatic heterocycles. The number of amides is 2. The Morgan fingerprint density at radius 1 is 1.50 bits per heavy atom. The number of thiazole rings is 1. The molecule has 0 saturated carbocycles. The fourth-order valence-electron chi connectivity index (χ4n) is 1.92. The Balaban J connectivity index is 1.86. The average molecular weight is 309 g/mol. The number of carbonyl (C=O) groups excluding carboxylic acids is 2. The molecule has 0 unspecified atom stereocenters. The molecule has 4 N–H and O–H groups in total. The summed E-state index contributed by atoms with van der Waals surface area (Å²) in [7, 11) is 0. The van der Waals surface area contributed by atoms with Gasteiger partial charge < -0.3 is 16.4 Å². The van der Waals surface area contributed by atoms with Gasteiger partial charge in [0.15, 0.2) is 5.13 Å².